The van der Waals surface area contributed by atoms with Crippen LogP contribution in [0.1, 0.15) is 9.67 Å². The van der Waals surface area contributed by atoms with Crippen LogP contribution in [-0.2, 0) is 9.53 Å². The number of nitro benzene ring substituents is 1. The number of hydrogen-bond donors (Lipinski definition) is 1. The number of amides is 1. The molecule has 7 nitrogen and oxygen atoms in total. The van der Waals surface area contributed by atoms with Crippen molar-refractivity contribution in [2.45, 2.75) is 0 Å². The van der Waals surface area contributed by atoms with E-state index in [-0.39, 0.29) is 21.3 Å². The van der Waals surface area contributed by atoms with Crippen LogP contribution >= 0.6 is 22.9 Å². The smallest absolute Gasteiger partial charge is 0.348 e. The second-order valence-corrected chi connectivity index (χ2v) is 6.86. The zero-order valence-corrected chi connectivity index (χ0v) is 15.0. The third kappa shape index (κ3) is 4.39. The number of hydrogen-bond acceptors (Lipinski definition) is 6. The lowest BCUT2D eigenvalue weighted by atomic mass is 10.2. The van der Waals surface area contributed by atoms with Gasteiger partial charge >= 0.3 is 5.97 Å². The Morgan fingerprint density at radius 3 is 2.74 bits per heavy atom. The van der Waals surface area contributed by atoms with Gasteiger partial charge in [-0.05, 0) is 30.3 Å². The lowest BCUT2D eigenvalue weighted by Gasteiger charge is -2.07. The molecule has 0 aliphatic rings. The van der Waals surface area contributed by atoms with Crippen LogP contribution in [0.4, 0.5) is 15.8 Å². The number of fused-ring (bicyclic) bond motifs is 1. The second-order valence-electron chi connectivity index (χ2n) is 5.34. The summed E-state index contributed by atoms with van der Waals surface area (Å²) in [5, 5.41) is 13.8. The van der Waals surface area contributed by atoms with Crippen molar-refractivity contribution in [1.82, 2.24) is 0 Å². The number of rotatable bonds is 5. The summed E-state index contributed by atoms with van der Waals surface area (Å²) < 4.78 is 19.1. The standard InChI is InChI=1S/C17H10ClFN2O5S/c18-10-1-3-12(19)13(7-10)20-16(22)8-26-17(23)15-6-9-5-11(21(24)25)2-4-14(9)27-15/h1-7H,8H2,(H,20,22). The van der Waals surface area contributed by atoms with Crippen LogP contribution in [0.2, 0.25) is 5.02 Å². The zero-order valence-electron chi connectivity index (χ0n) is 13.4. The first-order valence-corrected chi connectivity index (χ1v) is 8.63. The maximum Gasteiger partial charge on any atom is 0.348 e. The van der Waals surface area contributed by atoms with Crippen molar-refractivity contribution in [3.05, 3.63) is 68.3 Å². The number of anilines is 1. The van der Waals surface area contributed by atoms with Crippen molar-refractivity contribution in [3.8, 4) is 0 Å². The molecule has 0 bridgehead atoms. The Hall–Kier alpha value is -3.04. The Morgan fingerprint density at radius 1 is 1.22 bits per heavy atom. The molecule has 2 aromatic carbocycles. The second kappa shape index (κ2) is 7.68. The molecule has 3 aromatic rings. The third-order valence-corrected chi connectivity index (χ3v) is 4.78. The van der Waals surface area contributed by atoms with Crippen LogP contribution in [0.25, 0.3) is 10.1 Å². The van der Waals surface area contributed by atoms with Crippen LogP contribution < -0.4 is 5.32 Å². The van der Waals surface area contributed by atoms with Gasteiger partial charge in [0.2, 0.25) is 0 Å². The van der Waals surface area contributed by atoms with Crippen LogP contribution in [0, 0.1) is 15.9 Å². The van der Waals surface area contributed by atoms with E-state index in [1.807, 2.05) is 0 Å². The summed E-state index contributed by atoms with van der Waals surface area (Å²) in [6.07, 6.45) is 0. The number of thiophene rings is 1. The molecule has 0 aliphatic heterocycles. The summed E-state index contributed by atoms with van der Waals surface area (Å²) in [6, 6.07) is 9.32. The molecule has 27 heavy (non-hydrogen) atoms. The highest BCUT2D eigenvalue weighted by molar-refractivity contribution is 7.20. The van der Waals surface area contributed by atoms with E-state index in [1.165, 1.54) is 36.4 Å². The molecule has 0 aliphatic carbocycles. The van der Waals surface area contributed by atoms with E-state index in [0.29, 0.717) is 10.1 Å². The molecule has 0 fully saturated rings. The molecular weight excluding hydrogens is 399 g/mol. The van der Waals surface area contributed by atoms with Crippen molar-refractivity contribution < 1.29 is 23.6 Å². The molecule has 0 atom stereocenters. The molecule has 0 unspecified atom stereocenters. The molecule has 3 rings (SSSR count). The fourth-order valence-electron chi connectivity index (χ4n) is 2.23. The zero-order chi connectivity index (χ0) is 19.6. The van der Waals surface area contributed by atoms with E-state index in [9.17, 15) is 24.1 Å². The predicted octanol–water partition coefficient (Wildman–Crippen LogP) is 4.40. The fraction of sp³-hybridized carbons (Fsp3) is 0.0588. The number of carbonyl (C=O) groups excluding carboxylic acids is 2. The number of benzene rings is 2. The van der Waals surface area contributed by atoms with Gasteiger partial charge in [0.25, 0.3) is 11.6 Å². The van der Waals surface area contributed by atoms with Gasteiger partial charge in [0.15, 0.2) is 6.61 Å². The summed E-state index contributed by atoms with van der Waals surface area (Å²) in [7, 11) is 0. The SMILES string of the molecule is O=C(COC(=O)c1cc2cc([N+](=O)[O-])ccc2s1)Nc1cc(Cl)ccc1F. The number of non-ortho nitro benzene ring substituents is 1. The molecule has 1 N–H and O–H groups in total. The van der Waals surface area contributed by atoms with Gasteiger partial charge in [-0.3, -0.25) is 14.9 Å². The van der Waals surface area contributed by atoms with Crippen LogP contribution in [0.5, 0.6) is 0 Å². The first-order chi connectivity index (χ1) is 12.8. The first-order valence-electron chi connectivity index (χ1n) is 7.43. The van der Waals surface area contributed by atoms with E-state index >= 15 is 0 Å². The molecule has 10 heteroatoms. The largest absolute Gasteiger partial charge is 0.451 e. The van der Waals surface area contributed by atoms with Gasteiger partial charge in [-0.15, -0.1) is 11.3 Å². The van der Waals surface area contributed by atoms with Gasteiger partial charge < -0.3 is 10.1 Å². The molecule has 1 amide bonds. The summed E-state index contributed by atoms with van der Waals surface area (Å²) in [5.41, 5.74) is -0.221. The number of halogens is 2. The van der Waals surface area contributed by atoms with Crippen molar-refractivity contribution in [1.29, 1.82) is 0 Å². The van der Waals surface area contributed by atoms with E-state index < -0.39 is 29.2 Å². The molecule has 0 spiro atoms. The number of nitrogens with one attached hydrogen (secondary N) is 1. The average Bonchev–Trinajstić information content (AvgIpc) is 3.06. The predicted molar refractivity (Wildman–Crippen MR) is 98.8 cm³/mol. The summed E-state index contributed by atoms with van der Waals surface area (Å²) in [4.78, 5) is 34.4. The maximum atomic E-state index is 13.6. The summed E-state index contributed by atoms with van der Waals surface area (Å²) in [5.74, 6) is -2.17. The Kier molecular flexibility index (Phi) is 5.33. The number of nitro groups is 1. The highest BCUT2D eigenvalue weighted by Crippen LogP contribution is 2.29. The lowest BCUT2D eigenvalue weighted by Crippen LogP contribution is -2.21. The van der Waals surface area contributed by atoms with Crippen molar-refractivity contribution in [3.63, 3.8) is 0 Å². The summed E-state index contributed by atoms with van der Waals surface area (Å²) >= 11 is 6.81. The highest BCUT2D eigenvalue weighted by atomic mass is 35.5. The van der Waals surface area contributed by atoms with Gasteiger partial charge in [0.05, 0.1) is 10.6 Å². The maximum absolute atomic E-state index is 13.6. The topological polar surface area (TPSA) is 98.5 Å². The third-order valence-electron chi connectivity index (χ3n) is 3.45. The molecule has 138 valence electrons. The lowest BCUT2D eigenvalue weighted by molar-refractivity contribution is -0.384. The Labute approximate surface area is 160 Å². The molecule has 0 radical (unpaired) electrons. The normalized spacial score (nSPS) is 10.6. The van der Waals surface area contributed by atoms with Crippen molar-refractivity contribution in [2.75, 3.05) is 11.9 Å². The number of ether oxygens (including phenoxy) is 1. The highest BCUT2D eigenvalue weighted by Gasteiger charge is 2.16. The molecule has 0 saturated carbocycles. The fourth-order valence-corrected chi connectivity index (χ4v) is 3.34. The minimum absolute atomic E-state index is 0.0943. The molecule has 0 saturated heterocycles. The molecular formula is C17H10ClFN2O5S. The minimum atomic E-state index is -0.763. The van der Waals surface area contributed by atoms with E-state index in [1.54, 1.807) is 0 Å². The van der Waals surface area contributed by atoms with Crippen LogP contribution in [0.3, 0.4) is 0 Å². The minimum Gasteiger partial charge on any atom is -0.451 e. The van der Waals surface area contributed by atoms with Gasteiger partial charge in [-0.25, -0.2) is 9.18 Å². The van der Waals surface area contributed by atoms with Gasteiger partial charge in [-0.1, -0.05) is 11.6 Å². The van der Waals surface area contributed by atoms with Gasteiger partial charge in [-0.2, -0.15) is 0 Å². The van der Waals surface area contributed by atoms with E-state index in [2.05, 4.69) is 5.32 Å². The average molecular weight is 409 g/mol. The number of esters is 1. The molecule has 1 aromatic heterocycles. The van der Waals surface area contributed by atoms with Gasteiger partial charge in [0.1, 0.15) is 10.7 Å². The van der Waals surface area contributed by atoms with Gasteiger partial charge in [0, 0.05) is 27.2 Å². The number of carbonyl (C=O) groups is 2. The number of nitrogens with zero attached hydrogens (tertiary/aromatic N) is 1. The van der Waals surface area contributed by atoms with E-state index in [4.69, 9.17) is 16.3 Å². The van der Waals surface area contributed by atoms with Crippen molar-refractivity contribution in [2.24, 2.45) is 0 Å². The van der Waals surface area contributed by atoms with Crippen LogP contribution in [-0.4, -0.2) is 23.4 Å². The summed E-state index contributed by atoms with van der Waals surface area (Å²) in [6.45, 7) is -0.626. The van der Waals surface area contributed by atoms with E-state index in [0.717, 1.165) is 17.4 Å². The monoisotopic (exact) mass is 408 g/mol. The Morgan fingerprint density at radius 2 is 2.00 bits per heavy atom. The van der Waals surface area contributed by atoms with Crippen molar-refractivity contribution >= 4 is 56.3 Å². The quantitative estimate of drug-likeness (QED) is 0.383. The first kappa shape index (κ1) is 18.7. The molecule has 1 heterocycles. The Bertz CT molecular complexity index is 1070. The van der Waals surface area contributed by atoms with Crippen LogP contribution in [0.15, 0.2) is 42.5 Å². The Balaban J connectivity index is 1.65.